The number of nitrogens with one attached hydrogen (secondary N) is 1. The van der Waals surface area contributed by atoms with Crippen molar-refractivity contribution >= 4 is 17.5 Å². The summed E-state index contributed by atoms with van der Waals surface area (Å²) in [7, 11) is 0. The first kappa shape index (κ1) is 15.5. The van der Waals surface area contributed by atoms with Crippen LogP contribution >= 0.6 is 11.6 Å². The Morgan fingerprint density at radius 2 is 2.04 bits per heavy atom. The van der Waals surface area contributed by atoms with Gasteiger partial charge in [0.25, 0.3) is 5.91 Å². The van der Waals surface area contributed by atoms with Gasteiger partial charge in [0.2, 0.25) is 0 Å². The van der Waals surface area contributed by atoms with E-state index in [9.17, 15) is 4.79 Å². The monoisotopic (exact) mass is 333 g/mol. The smallest absolute Gasteiger partial charge is 0.258 e. The molecule has 120 valence electrons. The third-order valence-electron chi connectivity index (χ3n) is 3.26. The van der Waals surface area contributed by atoms with Gasteiger partial charge in [-0.15, -0.1) is 0 Å². The number of amides is 1. The number of fused-ring (bicyclic) bond motifs is 1. The highest BCUT2D eigenvalue weighted by Gasteiger charge is 2.21. The lowest BCUT2D eigenvalue weighted by atomic mass is 10.2. The number of hydrogen-bond donors (Lipinski definition) is 1. The minimum absolute atomic E-state index is 0.0789. The van der Waals surface area contributed by atoms with Crippen molar-refractivity contribution in [2.45, 2.75) is 6.10 Å². The summed E-state index contributed by atoms with van der Waals surface area (Å²) in [4.78, 5) is 11.8. The van der Waals surface area contributed by atoms with Gasteiger partial charge in [-0.3, -0.25) is 4.79 Å². The summed E-state index contributed by atoms with van der Waals surface area (Å²) in [5, 5.41) is 3.33. The molecule has 0 radical (unpaired) electrons. The second-order valence-corrected chi connectivity index (χ2v) is 5.48. The lowest BCUT2D eigenvalue weighted by Gasteiger charge is -2.26. The Balaban J connectivity index is 1.43. The van der Waals surface area contributed by atoms with Gasteiger partial charge in [0.05, 0.1) is 6.54 Å². The Hall–Kier alpha value is -2.40. The van der Waals surface area contributed by atoms with Crippen LogP contribution in [-0.4, -0.2) is 31.8 Å². The molecule has 6 heteroatoms. The van der Waals surface area contributed by atoms with E-state index in [0.29, 0.717) is 29.7 Å². The molecule has 1 aliphatic heterocycles. The van der Waals surface area contributed by atoms with Crippen LogP contribution in [0.4, 0.5) is 0 Å². The van der Waals surface area contributed by atoms with Gasteiger partial charge < -0.3 is 19.5 Å². The lowest BCUT2D eigenvalue weighted by molar-refractivity contribution is -0.123. The Morgan fingerprint density at radius 3 is 2.87 bits per heavy atom. The van der Waals surface area contributed by atoms with E-state index in [-0.39, 0.29) is 18.6 Å². The van der Waals surface area contributed by atoms with Gasteiger partial charge in [0.15, 0.2) is 18.1 Å². The van der Waals surface area contributed by atoms with Crippen LogP contribution in [0, 0.1) is 0 Å². The summed E-state index contributed by atoms with van der Waals surface area (Å²) < 4.78 is 16.7. The van der Waals surface area contributed by atoms with Gasteiger partial charge in [-0.2, -0.15) is 0 Å². The molecule has 2 aromatic carbocycles. The Bertz CT molecular complexity index is 692. The third kappa shape index (κ3) is 4.29. The number of hydrogen-bond acceptors (Lipinski definition) is 4. The van der Waals surface area contributed by atoms with Crippen molar-refractivity contribution in [3.8, 4) is 17.2 Å². The summed E-state index contributed by atoms with van der Waals surface area (Å²) in [6.07, 6.45) is -0.222. The van der Waals surface area contributed by atoms with Gasteiger partial charge in [0, 0.05) is 5.02 Å². The van der Waals surface area contributed by atoms with Crippen molar-refractivity contribution in [3.63, 3.8) is 0 Å². The zero-order valence-electron chi connectivity index (χ0n) is 12.3. The fraction of sp³-hybridized carbons (Fsp3) is 0.235. The highest BCUT2D eigenvalue weighted by atomic mass is 35.5. The SMILES string of the molecule is O=C(COc1cccc(Cl)c1)NC[C@@H]1COc2ccccc2O1. The standard InChI is InChI=1S/C17H16ClNO4/c18-12-4-3-5-13(8-12)21-11-17(20)19-9-14-10-22-15-6-1-2-7-16(15)23-14/h1-8,14H,9-11H2,(H,19,20)/t14-/m1/s1. The summed E-state index contributed by atoms with van der Waals surface area (Å²) in [6.45, 7) is 0.670. The molecule has 1 amide bonds. The first-order valence-electron chi connectivity index (χ1n) is 7.24. The normalized spacial score (nSPS) is 15.8. The molecule has 1 aliphatic rings. The molecular weight excluding hydrogens is 318 g/mol. The van der Waals surface area contributed by atoms with Crippen LogP contribution < -0.4 is 19.5 Å². The molecule has 5 nitrogen and oxygen atoms in total. The topological polar surface area (TPSA) is 56.8 Å². The maximum absolute atomic E-state index is 11.8. The molecule has 0 unspecified atom stereocenters. The molecule has 1 atom stereocenters. The van der Waals surface area contributed by atoms with Gasteiger partial charge in [-0.1, -0.05) is 29.8 Å². The Labute approximate surface area is 139 Å². The molecule has 0 spiro atoms. The first-order valence-corrected chi connectivity index (χ1v) is 7.62. The molecule has 0 bridgehead atoms. The maximum atomic E-state index is 11.8. The summed E-state index contributed by atoms with van der Waals surface area (Å²) >= 11 is 5.85. The van der Waals surface area contributed by atoms with Crippen LogP contribution in [0.3, 0.4) is 0 Å². The van der Waals surface area contributed by atoms with E-state index in [1.54, 1.807) is 24.3 Å². The van der Waals surface area contributed by atoms with Gasteiger partial charge in [0.1, 0.15) is 18.5 Å². The number of halogens is 1. The lowest BCUT2D eigenvalue weighted by Crippen LogP contribution is -2.42. The molecular formula is C17H16ClNO4. The zero-order valence-corrected chi connectivity index (χ0v) is 13.1. The zero-order chi connectivity index (χ0) is 16.1. The van der Waals surface area contributed by atoms with Crippen molar-refractivity contribution in [2.24, 2.45) is 0 Å². The number of benzene rings is 2. The van der Waals surface area contributed by atoms with Crippen molar-refractivity contribution in [1.82, 2.24) is 5.32 Å². The Kier molecular flexibility index (Phi) is 4.88. The molecule has 0 saturated heterocycles. The quantitative estimate of drug-likeness (QED) is 0.914. The fourth-order valence-corrected chi connectivity index (χ4v) is 2.33. The van der Waals surface area contributed by atoms with E-state index in [0.717, 1.165) is 5.75 Å². The van der Waals surface area contributed by atoms with Crippen LogP contribution in [0.5, 0.6) is 17.2 Å². The first-order chi connectivity index (χ1) is 11.2. The van der Waals surface area contributed by atoms with Gasteiger partial charge >= 0.3 is 0 Å². The number of para-hydroxylation sites is 2. The highest BCUT2D eigenvalue weighted by molar-refractivity contribution is 6.30. The molecule has 3 rings (SSSR count). The van der Waals surface area contributed by atoms with E-state index < -0.39 is 0 Å². The molecule has 0 saturated carbocycles. The van der Waals surface area contributed by atoms with E-state index in [1.165, 1.54) is 0 Å². The number of rotatable bonds is 5. The van der Waals surface area contributed by atoms with Crippen molar-refractivity contribution in [3.05, 3.63) is 53.6 Å². The van der Waals surface area contributed by atoms with Crippen molar-refractivity contribution in [1.29, 1.82) is 0 Å². The minimum atomic E-state index is -0.229. The van der Waals surface area contributed by atoms with E-state index >= 15 is 0 Å². The maximum Gasteiger partial charge on any atom is 0.258 e. The summed E-state index contributed by atoms with van der Waals surface area (Å²) in [5.74, 6) is 1.74. The predicted octanol–water partition coefficient (Wildman–Crippen LogP) is 2.68. The molecule has 0 aliphatic carbocycles. The summed E-state index contributed by atoms with van der Waals surface area (Å²) in [5.41, 5.74) is 0. The Morgan fingerprint density at radius 1 is 1.22 bits per heavy atom. The number of ether oxygens (including phenoxy) is 3. The molecule has 1 N–H and O–H groups in total. The van der Waals surface area contributed by atoms with Crippen LogP contribution in [0.25, 0.3) is 0 Å². The van der Waals surface area contributed by atoms with Crippen LogP contribution in [-0.2, 0) is 4.79 Å². The third-order valence-corrected chi connectivity index (χ3v) is 3.50. The van der Waals surface area contributed by atoms with Gasteiger partial charge in [-0.25, -0.2) is 0 Å². The summed E-state index contributed by atoms with van der Waals surface area (Å²) in [6, 6.07) is 14.4. The van der Waals surface area contributed by atoms with Crippen LogP contribution in [0.15, 0.2) is 48.5 Å². The van der Waals surface area contributed by atoms with E-state index in [2.05, 4.69) is 5.32 Å². The predicted molar refractivity (Wildman–Crippen MR) is 86.3 cm³/mol. The van der Waals surface area contributed by atoms with E-state index in [4.69, 9.17) is 25.8 Å². The van der Waals surface area contributed by atoms with E-state index in [1.807, 2.05) is 24.3 Å². The molecule has 2 aromatic rings. The second kappa shape index (κ2) is 7.24. The largest absolute Gasteiger partial charge is 0.486 e. The molecule has 1 heterocycles. The van der Waals surface area contributed by atoms with Crippen molar-refractivity contribution < 1.29 is 19.0 Å². The minimum Gasteiger partial charge on any atom is -0.486 e. The van der Waals surface area contributed by atoms with Gasteiger partial charge in [-0.05, 0) is 30.3 Å². The highest BCUT2D eigenvalue weighted by Crippen LogP contribution is 2.30. The number of carbonyl (C=O) groups excluding carboxylic acids is 1. The molecule has 0 fully saturated rings. The van der Waals surface area contributed by atoms with Crippen LogP contribution in [0.2, 0.25) is 5.02 Å². The molecule has 0 aromatic heterocycles. The number of carbonyl (C=O) groups is 1. The average Bonchev–Trinajstić information content (AvgIpc) is 2.58. The fourth-order valence-electron chi connectivity index (χ4n) is 2.15. The molecule has 23 heavy (non-hydrogen) atoms. The second-order valence-electron chi connectivity index (χ2n) is 5.05. The van der Waals surface area contributed by atoms with Crippen LogP contribution in [0.1, 0.15) is 0 Å². The average molecular weight is 334 g/mol. The van der Waals surface area contributed by atoms with Crippen molar-refractivity contribution in [2.75, 3.05) is 19.8 Å².